The van der Waals surface area contributed by atoms with E-state index in [4.69, 9.17) is 9.52 Å². The Bertz CT molecular complexity index is 576. The van der Waals surface area contributed by atoms with Crippen LogP contribution in [0.4, 0.5) is 0 Å². The summed E-state index contributed by atoms with van der Waals surface area (Å²) in [5.41, 5.74) is 2.64. The van der Waals surface area contributed by atoms with Gasteiger partial charge in [0, 0.05) is 18.2 Å². The second kappa shape index (κ2) is 6.45. The summed E-state index contributed by atoms with van der Waals surface area (Å²) in [4.78, 5) is 2.43. The van der Waals surface area contributed by atoms with Gasteiger partial charge in [-0.05, 0) is 43.5 Å². The van der Waals surface area contributed by atoms with E-state index < -0.39 is 0 Å². The van der Waals surface area contributed by atoms with Crippen LogP contribution in [0.1, 0.15) is 48.5 Å². The molecular weight excluding hydrogens is 266 g/mol. The standard InChI is InChI=1S/C16H23N3O2/c1-2-12-8-17-18-16(12)13-4-3-7-19(9-13)10-14-5-6-15(11-20)21-14/h5-6,8,13,20H,2-4,7,9-11H2,1H3,(H,17,18)/t13-/m0/s1. The first-order valence-electron chi connectivity index (χ1n) is 7.73. The number of aliphatic hydroxyl groups excluding tert-OH is 1. The van der Waals surface area contributed by atoms with Gasteiger partial charge in [-0.15, -0.1) is 0 Å². The molecule has 114 valence electrons. The molecule has 0 unspecified atom stereocenters. The molecule has 0 bridgehead atoms. The molecule has 0 aromatic carbocycles. The van der Waals surface area contributed by atoms with E-state index in [2.05, 4.69) is 22.0 Å². The molecule has 1 saturated heterocycles. The van der Waals surface area contributed by atoms with Crippen LogP contribution >= 0.6 is 0 Å². The number of piperidine rings is 1. The molecule has 0 amide bonds. The highest BCUT2D eigenvalue weighted by Gasteiger charge is 2.24. The van der Waals surface area contributed by atoms with Gasteiger partial charge in [-0.1, -0.05) is 6.92 Å². The fourth-order valence-corrected chi connectivity index (χ4v) is 3.20. The van der Waals surface area contributed by atoms with Gasteiger partial charge in [-0.2, -0.15) is 5.10 Å². The third-order valence-corrected chi connectivity index (χ3v) is 4.30. The fourth-order valence-electron chi connectivity index (χ4n) is 3.20. The number of hydrogen-bond donors (Lipinski definition) is 2. The molecule has 5 nitrogen and oxygen atoms in total. The Hall–Kier alpha value is -1.59. The molecule has 1 aliphatic heterocycles. The van der Waals surface area contributed by atoms with Crippen LogP contribution in [0, 0.1) is 0 Å². The van der Waals surface area contributed by atoms with Gasteiger partial charge in [0.2, 0.25) is 0 Å². The Morgan fingerprint density at radius 3 is 3.05 bits per heavy atom. The number of hydrogen-bond acceptors (Lipinski definition) is 4. The van der Waals surface area contributed by atoms with Gasteiger partial charge in [0.15, 0.2) is 0 Å². The number of nitrogens with zero attached hydrogens (tertiary/aromatic N) is 2. The molecule has 2 aromatic heterocycles. The van der Waals surface area contributed by atoms with Gasteiger partial charge in [0.1, 0.15) is 18.1 Å². The third-order valence-electron chi connectivity index (χ3n) is 4.30. The van der Waals surface area contributed by atoms with Crippen LogP contribution in [0.25, 0.3) is 0 Å². The molecule has 0 radical (unpaired) electrons. The molecule has 5 heteroatoms. The number of aromatic nitrogens is 2. The lowest BCUT2D eigenvalue weighted by molar-refractivity contribution is 0.178. The smallest absolute Gasteiger partial charge is 0.129 e. The van der Waals surface area contributed by atoms with E-state index in [9.17, 15) is 0 Å². The number of nitrogens with one attached hydrogen (secondary N) is 1. The van der Waals surface area contributed by atoms with Crippen molar-refractivity contribution in [1.82, 2.24) is 15.1 Å². The average molecular weight is 289 g/mol. The summed E-state index contributed by atoms with van der Waals surface area (Å²) in [6.45, 7) is 5.09. The van der Waals surface area contributed by atoms with Crippen LogP contribution in [-0.4, -0.2) is 33.3 Å². The molecular formula is C16H23N3O2. The molecule has 2 N–H and O–H groups in total. The van der Waals surface area contributed by atoms with Gasteiger partial charge < -0.3 is 9.52 Å². The Kier molecular flexibility index (Phi) is 4.41. The van der Waals surface area contributed by atoms with Crippen LogP contribution in [0.15, 0.2) is 22.7 Å². The van der Waals surface area contributed by atoms with E-state index in [1.165, 1.54) is 24.1 Å². The van der Waals surface area contributed by atoms with Gasteiger partial charge in [-0.25, -0.2) is 0 Å². The SMILES string of the molecule is CCc1cn[nH]c1[C@H]1CCCN(Cc2ccc(CO)o2)C1. The van der Waals surface area contributed by atoms with E-state index in [1.807, 2.05) is 18.3 Å². The summed E-state index contributed by atoms with van der Waals surface area (Å²) in [7, 11) is 0. The quantitative estimate of drug-likeness (QED) is 0.887. The van der Waals surface area contributed by atoms with Crippen molar-refractivity contribution in [2.75, 3.05) is 13.1 Å². The highest BCUT2D eigenvalue weighted by Crippen LogP contribution is 2.29. The first kappa shape index (κ1) is 14.4. The second-order valence-corrected chi connectivity index (χ2v) is 5.76. The van der Waals surface area contributed by atoms with Gasteiger partial charge in [0.25, 0.3) is 0 Å². The van der Waals surface area contributed by atoms with Crippen molar-refractivity contribution in [3.05, 3.63) is 41.1 Å². The zero-order valence-electron chi connectivity index (χ0n) is 12.5. The summed E-state index contributed by atoms with van der Waals surface area (Å²) in [5, 5.41) is 16.5. The van der Waals surface area contributed by atoms with Crippen molar-refractivity contribution in [3.63, 3.8) is 0 Å². The number of aliphatic hydroxyl groups is 1. The molecule has 0 saturated carbocycles. The Labute approximate surface area is 125 Å². The van der Waals surface area contributed by atoms with Gasteiger partial charge in [-0.3, -0.25) is 10.00 Å². The van der Waals surface area contributed by atoms with Crippen molar-refractivity contribution in [2.45, 2.75) is 45.3 Å². The Morgan fingerprint density at radius 2 is 2.29 bits per heavy atom. The van der Waals surface area contributed by atoms with Crippen molar-refractivity contribution in [2.24, 2.45) is 0 Å². The van der Waals surface area contributed by atoms with Crippen LogP contribution in [0.5, 0.6) is 0 Å². The largest absolute Gasteiger partial charge is 0.462 e. The second-order valence-electron chi connectivity index (χ2n) is 5.76. The molecule has 3 heterocycles. The van der Waals surface area contributed by atoms with Gasteiger partial charge in [0.05, 0.1) is 12.7 Å². The monoisotopic (exact) mass is 289 g/mol. The highest BCUT2D eigenvalue weighted by atomic mass is 16.4. The number of furan rings is 1. The highest BCUT2D eigenvalue weighted by molar-refractivity contribution is 5.21. The van der Waals surface area contributed by atoms with Crippen molar-refractivity contribution < 1.29 is 9.52 Å². The number of aromatic amines is 1. The molecule has 2 aromatic rings. The van der Waals surface area contributed by atoms with E-state index in [1.54, 1.807) is 0 Å². The maximum atomic E-state index is 9.06. The maximum Gasteiger partial charge on any atom is 0.129 e. The number of aryl methyl sites for hydroxylation is 1. The number of H-pyrrole nitrogens is 1. The van der Waals surface area contributed by atoms with Crippen LogP contribution < -0.4 is 0 Å². The molecule has 21 heavy (non-hydrogen) atoms. The molecule has 0 spiro atoms. The lowest BCUT2D eigenvalue weighted by Crippen LogP contribution is -2.34. The summed E-state index contributed by atoms with van der Waals surface area (Å²) >= 11 is 0. The average Bonchev–Trinajstić information content (AvgIpc) is 3.15. The summed E-state index contributed by atoms with van der Waals surface area (Å²) in [5.74, 6) is 2.10. The Balaban J connectivity index is 1.65. The van der Waals surface area contributed by atoms with Crippen molar-refractivity contribution in [3.8, 4) is 0 Å². The normalized spacial score (nSPS) is 20.0. The molecule has 0 aliphatic carbocycles. The van der Waals surface area contributed by atoms with Crippen LogP contribution in [-0.2, 0) is 19.6 Å². The topological polar surface area (TPSA) is 65.3 Å². The molecule has 3 rings (SSSR count). The van der Waals surface area contributed by atoms with Gasteiger partial charge >= 0.3 is 0 Å². The van der Waals surface area contributed by atoms with Crippen LogP contribution in [0.2, 0.25) is 0 Å². The van der Waals surface area contributed by atoms with E-state index in [-0.39, 0.29) is 6.61 Å². The minimum atomic E-state index is -0.0311. The fraction of sp³-hybridized carbons (Fsp3) is 0.562. The zero-order valence-corrected chi connectivity index (χ0v) is 12.5. The predicted octanol–water partition coefficient (Wildman–Crippen LogP) is 2.44. The number of rotatable bonds is 5. The lowest BCUT2D eigenvalue weighted by Gasteiger charge is -2.32. The minimum absolute atomic E-state index is 0.0311. The summed E-state index contributed by atoms with van der Waals surface area (Å²) in [6, 6.07) is 3.81. The summed E-state index contributed by atoms with van der Waals surface area (Å²) < 4.78 is 5.59. The maximum absolute atomic E-state index is 9.06. The Morgan fingerprint density at radius 1 is 1.43 bits per heavy atom. The molecule has 1 atom stereocenters. The first-order valence-corrected chi connectivity index (χ1v) is 7.73. The van der Waals surface area contributed by atoms with Crippen molar-refractivity contribution in [1.29, 1.82) is 0 Å². The lowest BCUT2D eigenvalue weighted by atomic mass is 9.92. The van der Waals surface area contributed by atoms with Crippen molar-refractivity contribution >= 4 is 0 Å². The van der Waals surface area contributed by atoms with E-state index in [0.717, 1.165) is 31.8 Å². The number of likely N-dealkylation sites (tertiary alicyclic amines) is 1. The third kappa shape index (κ3) is 3.19. The molecule has 1 aliphatic rings. The molecule has 1 fully saturated rings. The minimum Gasteiger partial charge on any atom is -0.462 e. The predicted molar refractivity (Wildman–Crippen MR) is 79.8 cm³/mol. The zero-order chi connectivity index (χ0) is 14.7. The van der Waals surface area contributed by atoms with E-state index >= 15 is 0 Å². The first-order chi connectivity index (χ1) is 10.3. The summed E-state index contributed by atoms with van der Waals surface area (Å²) in [6.07, 6.45) is 5.39. The van der Waals surface area contributed by atoms with Crippen LogP contribution in [0.3, 0.4) is 0 Å². The van der Waals surface area contributed by atoms with E-state index in [0.29, 0.717) is 11.7 Å².